The van der Waals surface area contributed by atoms with Crippen LogP contribution in [0.25, 0.3) is 0 Å². The number of anilines is 1. The van der Waals surface area contributed by atoms with Crippen LogP contribution in [0.5, 0.6) is 0 Å². The molecule has 1 aliphatic carbocycles. The van der Waals surface area contributed by atoms with Crippen molar-refractivity contribution in [2.75, 3.05) is 5.32 Å². The van der Waals surface area contributed by atoms with Crippen molar-refractivity contribution in [1.82, 2.24) is 10.0 Å². The first-order valence-electron chi connectivity index (χ1n) is 9.82. The Balaban J connectivity index is 1.47. The van der Waals surface area contributed by atoms with Gasteiger partial charge >= 0.3 is 0 Å². The molecule has 1 atom stereocenters. The molecular formula is C21H25N3O3S. The van der Waals surface area contributed by atoms with E-state index in [-0.39, 0.29) is 16.8 Å². The van der Waals surface area contributed by atoms with Crippen LogP contribution in [0.15, 0.2) is 53.4 Å². The molecule has 0 aromatic heterocycles. The number of fused-ring (bicyclic) bond motifs is 1. The van der Waals surface area contributed by atoms with Gasteiger partial charge in [-0.1, -0.05) is 49.9 Å². The first kappa shape index (κ1) is 19.0. The third kappa shape index (κ3) is 4.05. The average molecular weight is 400 g/mol. The molecule has 1 amide bonds. The Morgan fingerprint density at radius 1 is 0.929 bits per heavy atom. The summed E-state index contributed by atoms with van der Waals surface area (Å²) < 4.78 is 27.6. The molecule has 2 aliphatic rings. The number of para-hydroxylation sites is 1. The first-order chi connectivity index (χ1) is 13.5. The maximum absolute atomic E-state index is 12.5. The monoisotopic (exact) mass is 399 g/mol. The third-order valence-electron chi connectivity index (χ3n) is 5.45. The summed E-state index contributed by atoms with van der Waals surface area (Å²) in [6.45, 7) is 0. The van der Waals surface area contributed by atoms with Gasteiger partial charge in [-0.3, -0.25) is 4.79 Å². The Morgan fingerprint density at radius 2 is 1.61 bits per heavy atom. The molecule has 1 saturated carbocycles. The van der Waals surface area contributed by atoms with E-state index in [1.165, 1.54) is 25.7 Å². The fourth-order valence-corrected chi connectivity index (χ4v) is 5.20. The second-order valence-electron chi connectivity index (χ2n) is 7.48. The van der Waals surface area contributed by atoms with Crippen LogP contribution in [0.3, 0.4) is 0 Å². The van der Waals surface area contributed by atoms with Crippen LogP contribution < -0.4 is 15.4 Å². The summed E-state index contributed by atoms with van der Waals surface area (Å²) in [5.74, 6) is -0.0685. The van der Waals surface area contributed by atoms with Crippen LogP contribution >= 0.6 is 0 Å². The zero-order chi connectivity index (χ0) is 19.6. The molecule has 148 valence electrons. The predicted molar refractivity (Wildman–Crippen MR) is 109 cm³/mol. The molecule has 0 bridgehead atoms. The molecule has 3 N–H and O–H groups in total. The van der Waals surface area contributed by atoms with E-state index in [0.29, 0.717) is 11.3 Å². The lowest BCUT2D eigenvalue weighted by Crippen LogP contribution is -2.38. The number of hydrogen-bond donors (Lipinski definition) is 3. The van der Waals surface area contributed by atoms with Gasteiger partial charge in [-0.15, -0.1) is 0 Å². The van der Waals surface area contributed by atoms with E-state index < -0.39 is 16.2 Å². The SMILES string of the molecule is O=C(NC1CCCCCC1)c1ccc([C@H]2Nc3ccccc3S(=O)(=O)N2)cc1. The van der Waals surface area contributed by atoms with E-state index in [9.17, 15) is 13.2 Å². The summed E-state index contributed by atoms with van der Waals surface area (Å²) in [6, 6.07) is 14.1. The lowest BCUT2D eigenvalue weighted by atomic mass is 10.1. The number of nitrogens with one attached hydrogen (secondary N) is 3. The van der Waals surface area contributed by atoms with Gasteiger partial charge in [-0.25, -0.2) is 8.42 Å². The predicted octanol–water partition coefficient (Wildman–Crippen LogP) is 3.54. The van der Waals surface area contributed by atoms with Gasteiger partial charge in [-0.05, 0) is 42.7 Å². The fourth-order valence-electron chi connectivity index (χ4n) is 3.89. The van der Waals surface area contributed by atoms with Gasteiger partial charge < -0.3 is 10.6 Å². The largest absolute Gasteiger partial charge is 0.364 e. The maximum Gasteiger partial charge on any atom is 0.251 e. The van der Waals surface area contributed by atoms with Crippen LogP contribution in [-0.4, -0.2) is 20.4 Å². The van der Waals surface area contributed by atoms with Crippen molar-refractivity contribution in [3.8, 4) is 0 Å². The Morgan fingerprint density at radius 3 is 2.32 bits per heavy atom. The van der Waals surface area contributed by atoms with Crippen LogP contribution in [-0.2, 0) is 10.0 Å². The molecule has 4 rings (SSSR count). The number of hydrogen-bond acceptors (Lipinski definition) is 4. The fraction of sp³-hybridized carbons (Fsp3) is 0.381. The van der Waals surface area contributed by atoms with E-state index >= 15 is 0 Å². The second kappa shape index (κ2) is 7.93. The Hall–Kier alpha value is -2.38. The van der Waals surface area contributed by atoms with E-state index in [0.717, 1.165) is 18.4 Å². The summed E-state index contributed by atoms with van der Waals surface area (Å²) in [6.07, 6.45) is 6.33. The van der Waals surface area contributed by atoms with Gasteiger partial charge in [0.05, 0.1) is 5.69 Å². The summed E-state index contributed by atoms with van der Waals surface area (Å²) in [5, 5.41) is 6.33. The number of benzene rings is 2. The minimum atomic E-state index is -3.58. The molecule has 0 spiro atoms. The van der Waals surface area contributed by atoms with Crippen molar-refractivity contribution in [1.29, 1.82) is 0 Å². The number of amides is 1. The standard InChI is InChI=1S/C21H25N3O3S/c25-21(22-17-7-3-1-2-4-8-17)16-13-11-15(12-14-16)20-23-18-9-5-6-10-19(18)28(26,27)24-20/h5-6,9-14,17,20,23-24H,1-4,7-8H2,(H,22,25)/t20-/m0/s1. The molecule has 0 unspecified atom stereocenters. The highest BCUT2D eigenvalue weighted by Gasteiger charge is 2.29. The highest BCUT2D eigenvalue weighted by molar-refractivity contribution is 7.89. The molecule has 2 aromatic carbocycles. The summed E-state index contributed by atoms with van der Waals surface area (Å²) in [5.41, 5.74) is 1.91. The molecule has 6 nitrogen and oxygen atoms in total. The molecule has 1 fully saturated rings. The van der Waals surface area contributed by atoms with Gasteiger partial charge in [0.25, 0.3) is 5.91 Å². The van der Waals surface area contributed by atoms with E-state index in [2.05, 4.69) is 15.4 Å². The van der Waals surface area contributed by atoms with Crippen molar-refractivity contribution in [3.05, 3.63) is 59.7 Å². The molecule has 0 saturated heterocycles. The van der Waals surface area contributed by atoms with Crippen molar-refractivity contribution < 1.29 is 13.2 Å². The van der Waals surface area contributed by atoms with E-state index in [1.54, 1.807) is 48.5 Å². The lowest BCUT2D eigenvalue weighted by molar-refractivity contribution is 0.0933. The summed E-state index contributed by atoms with van der Waals surface area (Å²) in [7, 11) is -3.58. The highest BCUT2D eigenvalue weighted by atomic mass is 32.2. The second-order valence-corrected chi connectivity index (χ2v) is 9.16. The smallest absolute Gasteiger partial charge is 0.251 e. The average Bonchev–Trinajstić information content (AvgIpc) is 2.96. The topological polar surface area (TPSA) is 87.3 Å². The Kier molecular flexibility index (Phi) is 5.37. The maximum atomic E-state index is 12.5. The minimum absolute atomic E-state index is 0.0685. The molecule has 28 heavy (non-hydrogen) atoms. The van der Waals surface area contributed by atoms with Gasteiger partial charge in [0.15, 0.2) is 0 Å². The number of carbonyl (C=O) groups is 1. The number of rotatable bonds is 3. The van der Waals surface area contributed by atoms with Crippen LogP contribution in [0.1, 0.15) is 60.6 Å². The molecule has 1 heterocycles. The summed E-state index contributed by atoms with van der Waals surface area (Å²) >= 11 is 0. The first-order valence-corrected chi connectivity index (χ1v) is 11.3. The van der Waals surface area contributed by atoms with E-state index in [1.807, 2.05) is 0 Å². The zero-order valence-electron chi connectivity index (χ0n) is 15.6. The normalized spacial score (nSPS) is 21.8. The van der Waals surface area contributed by atoms with Crippen molar-refractivity contribution >= 4 is 21.6 Å². The number of sulfonamides is 1. The Labute approximate surface area is 165 Å². The van der Waals surface area contributed by atoms with Gasteiger partial charge in [0.2, 0.25) is 10.0 Å². The minimum Gasteiger partial charge on any atom is -0.364 e. The highest BCUT2D eigenvalue weighted by Crippen LogP contribution is 2.30. The van der Waals surface area contributed by atoms with Gasteiger partial charge in [0, 0.05) is 11.6 Å². The third-order valence-corrected chi connectivity index (χ3v) is 6.93. The van der Waals surface area contributed by atoms with E-state index in [4.69, 9.17) is 0 Å². The molecule has 0 radical (unpaired) electrons. The molecule has 7 heteroatoms. The number of carbonyl (C=O) groups excluding carboxylic acids is 1. The summed E-state index contributed by atoms with van der Waals surface area (Å²) in [4.78, 5) is 12.8. The van der Waals surface area contributed by atoms with Crippen molar-refractivity contribution in [2.24, 2.45) is 0 Å². The van der Waals surface area contributed by atoms with Gasteiger partial charge in [0.1, 0.15) is 11.1 Å². The quantitative estimate of drug-likeness (QED) is 0.689. The zero-order valence-corrected chi connectivity index (χ0v) is 16.5. The van der Waals surface area contributed by atoms with Crippen molar-refractivity contribution in [3.63, 3.8) is 0 Å². The van der Waals surface area contributed by atoms with Crippen LogP contribution in [0, 0.1) is 0 Å². The van der Waals surface area contributed by atoms with Gasteiger partial charge in [-0.2, -0.15) is 4.72 Å². The molecular weight excluding hydrogens is 374 g/mol. The Bertz CT molecular complexity index is 949. The lowest BCUT2D eigenvalue weighted by Gasteiger charge is -2.28. The van der Waals surface area contributed by atoms with Crippen molar-refractivity contribution in [2.45, 2.75) is 55.6 Å². The molecule has 1 aliphatic heterocycles. The molecule has 2 aromatic rings. The van der Waals surface area contributed by atoms with Crippen LogP contribution in [0.2, 0.25) is 0 Å². The van der Waals surface area contributed by atoms with Crippen LogP contribution in [0.4, 0.5) is 5.69 Å².